The second-order valence-electron chi connectivity index (χ2n) is 5.31. The molecule has 0 aromatic carbocycles. The van der Waals surface area contributed by atoms with Crippen LogP contribution in [0.2, 0.25) is 0 Å². The molecule has 1 fully saturated rings. The number of hydrogen-bond donors (Lipinski definition) is 0. The number of sulfone groups is 1. The van der Waals surface area contributed by atoms with Crippen molar-refractivity contribution < 1.29 is 13.2 Å². The Morgan fingerprint density at radius 1 is 1.35 bits per heavy atom. The van der Waals surface area contributed by atoms with Crippen LogP contribution in [0.4, 0.5) is 0 Å². The van der Waals surface area contributed by atoms with Gasteiger partial charge in [0, 0.05) is 18.2 Å². The molecule has 2 aromatic rings. The number of imidazole rings is 1. The number of hydrogen-bond acceptors (Lipinski definition) is 4. The van der Waals surface area contributed by atoms with Crippen molar-refractivity contribution in [3.63, 3.8) is 0 Å². The van der Waals surface area contributed by atoms with E-state index in [0.717, 1.165) is 24.0 Å². The van der Waals surface area contributed by atoms with E-state index >= 15 is 0 Å². The van der Waals surface area contributed by atoms with Crippen LogP contribution in [0.3, 0.4) is 0 Å². The average molecular weight is 292 g/mol. The summed E-state index contributed by atoms with van der Waals surface area (Å²) in [6.07, 6.45) is 6.58. The van der Waals surface area contributed by atoms with Gasteiger partial charge in [-0.25, -0.2) is 13.4 Å². The molecule has 2 aromatic heterocycles. The molecule has 0 unspecified atom stereocenters. The summed E-state index contributed by atoms with van der Waals surface area (Å²) in [7, 11) is -2.82. The van der Waals surface area contributed by atoms with Crippen LogP contribution in [-0.2, 0) is 16.3 Å². The molecule has 6 heteroatoms. The largest absolute Gasteiger partial charge is 0.303 e. The van der Waals surface area contributed by atoms with Crippen LogP contribution in [0, 0.1) is 5.92 Å². The smallest absolute Gasteiger partial charge is 0.152 e. The van der Waals surface area contributed by atoms with E-state index in [9.17, 15) is 13.2 Å². The van der Waals surface area contributed by atoms with Crippen LogP contribution < -0.4 is 0 Å². The topological polar surface area (TPSA) is 68.5 Å². The molecule has 0 spiro atoms. The molecule has 1 aliphatic rings. The molecule has 0 atom stereocenters. The van der Waals surface area contributed by atoms with Crippen molar-refractivity contribution in [1.82, 2.24) is 9.38 Å². The molecule has 0 radical (unpaired) electrons. The number of rotatable bonds is 3. The normalized spacial score (nSPS) is 19.2. The van der Waals surface area contributed by atoms with Gasteiger partial charge in [-0.05, 0) is 30.9 Å². The van der Waals surface area contributed by atoms with Crippen molar-refractivity contribution in [2.45, 2.75) is 19.3 Å². The molecule has 1 saturated heterocycles. The van der Waals surface area contributed by atoms with E-state index in [-0.39, 0.29) is 11.5 Å². The van der Waals surface area contributed by atoms with Gasteiger partial charge in [-0.3, -0.25) is 4.79 Å². The standard InChI is InChI=1S/C14H16N2O3S/c17-10-12-2-1-5-16-13(12)9-15-14(16)8-11-3-6-20(18,19)7-4-11/h1-2,5,9-11H,3-4,6-8H2. The van der Waals surface area contributed by atoms with Crippen molar-refractivity contribution in [2.75, 3.05) is 11.5 Å². The third-order valence-corrected chi connectivity index (χ3v) is 5.67. The number of carbonyl (C=O) groups is 1. The van der Waals surface area contributed by atoms with E-state index in [2.05, 4.69) is 4.98 Å². The zero-order valence-electron chi connectivity index (χ0n) is 11.0. The number of fused-ring (bicyclic) bond motifs is 1. The van der Waals surface area contributed by atoms with Crippen molar-refractivity contribution >= 4 is 21.6 Å². The monoisotopic (exact) mass is 292 g/mol. The molecule has 0 saturated carbocycles. The molecule has 3 heterocycles. The summed E-state index contributed by atoms with van der Waals surface area (Å²) >= 11 is 0. The Labute approximate surface area is 117 Å². The Morgan fingerprint density at radius 3 is 2.80 bits per heavy atom. The minimum absolute atomic E-state index is 0.278. The minimum atomic E-state index is -2.82. The van der Waals surface area contributed by atoms with E-state index in [1.54, 1.807) is 12.3 Å². The van der Waals surface area contributed by atoms with E-state index < -0.39 is 9.84 Å². The third kappa shape index (κ3) is 2.47. The lowest BCUT2D eigenvalue weighted by atomic mass is 9.98. The highest BCUT2D eigenvalue weighted by atomic mass is 32.2. The summed E-state index contributed by atoms with van der Waals surface area (Å²) in [5.74, 6) is 1.80. The number of pyridine rings is 1. The summed E-state index contributed by atoms with van der Waals surface area (Å²) in [6, 6.07) is 3.59. The second-order valence-corrected chi connectivity index (χ2v) is 7.61. The van der Waals surface area contributed by atoms with Gasteiger partial charge in [-0.1, -0.05) is 0 Å². The Balaban J connectivity index is 1.84. The van der Waals surface area contributed by atoms with Gasteiger partial charge >= 0.3 is 0 Å². The van der Waals surface area contributed by atoms with Gasteiger partial charge < -0.3 is 4.40 Å². The first-order valence-electron chi connectivity index (χ1n) is 6.69. The van der Waals surface area contributed by atoms with Gasteiger partial charge in [0.15, 0.2) is 6.29 Å². The van der Waals surface area contributed by atoms with Crippen LogP contribution >= 0.6 is 0 Å². The van der Waals surface area contributed by atoms with Crippen LogP contribution in [-0.4, -0.2) is 35.6 Å². The highest BCUT2D eigenvalue weighted by Gasteiger charge is 2.24. The average Bonchev–Trinajstić information content (AvgIpc) is 2.84. The third-order valence-electron chi connectivity index (χ3n) is 3.95. The quantitative estimate of drug-likeness (QED) is 0.804. The molecule has 0 aliphatic carbocycles. The van der Waals surface area contributed by atoms with Gasteiger partial charge in [-0.2, -0.15) is 0 Å². The maximum atomic E-state index is 11.4. The highest BCUT2D eigenvalue weighted by molar-refractivity contribution is 7.91. The van der Waals surface area contributed by atoms with Crippen LogP contribution in [0.1, 0.15) is 29.0 Å². The molecular weight excluding hydrogens is 276 g/mol. The first kappa shape index (κ1) is 13.3. The number of nitrogens with zero attached hydrogens (tertiary/aromatic N) is 2. The predicted octanol–water partition coefficient (Wildman–Crippen LogP) is 1.51. The molecular formula is C14H16N2O3S. The van der Waals surface area contributed by atoms with Crippen LogP contribution in [0.15, 0.2) is 24.5 Å². The first-order chi connectivity index (χ1) is 9.59. The predicted molar refractivity (Wildman–Crippen MR) is 75.7 cm³/mol. The number of aldehydes is 1. The summed E-state index contributed by atoms with van der Waals surface area (Å²) in [5, 5.41) is 0. The van der Waals surface area contributed by atoms with E-state index in [4.69, 9.17) is 0 Å². The second kappa shape index (κ2) is 5.01. The van der Waals surface area contributed by atoms with Gasteiger partial charge in [-0.15, -0.1) is 0 Å². The highest BCUT2D eigenvalue weighted by Crippen LogP contribution is 2.23. The zero-order chi connectivity index (χ0) is 14.2. The van der Waals surface area contributed by atoms with E-state index in [1.807, 2.05) is 16.7 Å². The minimum Gasteiger partial charge on any atom is -0.303 e. The number of aromatic nitrogens is 2. The lowest BCUT2D eigenvalue weighted by Gasteiger charge is -2.21. The summed E-state index contributed by atoms with van der Waals surface area (Å²) in [4.78, 5) is 15.4. The first-order valence-corrected chi connectivity index (χ1v) is 8.52. The summed E-state index contributed by atoms with van der Waals surface area (Å²) < 4.78 is 24.8. The SMILES string of the molecule is O=Cc1cccn2c(CC3CCS(=O)(=O)CC3)ncc12. The van der Waals surface area contributed by atoms with Gasteiger partial charge in [0.05, 0.1) is 23.2 Å². The maximum absolute atomic E-state index is 11.4. The molecule has 0 N–H and O–H groups in total. The molecule has 3 rings (SSSR count). The molecule has 1 aliphatic heterocycles. The molecule has 106 valence electrons. The zero-order valence-corrected chi connectivity index (χ0v) is 11.8. The molecule has 20 heavy (non-hydrogen) atoms. The summed E-state index contributed by atoms with van der Waals surface area (Å²) in [6.45, 7) is 0. The Hall–Kier alpha value is -1.69. The van der Waals surface area contributed by atoms with Gasteiger partial charge in [0.25, 0.3) is 0 Å². The molecule has 0 bridgehead atoms. The Kier molecular flexibility index (Phi) is 3.33. The number of carbonyl (C=O) groups excluding carboxylic acids is 1. The van der Waals surface area contributed by atoms with Gasteiger partial charge in [0.2, 0.25) is 0 Å². The van der Waals surface area contributed by atoms with Crippen LogP contribution in [0.5, 0.6) is 0 Å². The fourth-order valence-electron chi connectivity index (χ4n) is 2.75. The fraction of sp³-hybridized carbons (Fsp3) is 0.429. The summed E-state index contributed by atoms with van der Waals surface area (Å²) in [5.41, 5.74) is 1.43. The lowest BCUT2D eigenvalue weighted by Crippen LogP contribution is -2.25. The molecule has 5 nitrogen and oxygen atoms in total. The Morgan fingerprint density at radius 2 is 2.10 bits per heavy atom. The van der Waals surface area contributed by atoms with Crippen LogP contribution in [0.25, 0.3) is 5.52 Å². The van der Waals surface area contributed by atoms with Crippen molar-refractivity contribution in [2.24, 2.45) is 5.92 Å². The van der Waals surface area contributed by atoms with Crippen molar-refractivity contribution in [1.29, 1.82) is 0 Å². The van der Waals surface area contributed by atoms with Crippen molar-refractivity contribution in [3.05, 3.63) is 35.9 Å². The van der Waals surface area contributed by atoms with E-state index in [0.29, 0.717) is 24.3 Å². The molecule has 0 amide bonds. The van der Waals surface area contributed by atoms with E-state index in [1.165, 1.54) is 0 Å². The van der Waals surface area contributed by atoms with Crippen molar-refractivity contribution in [3.8, 4) is 0 Å². The Bertz CT molecular complexity index is 735. The van der Waals surface area contributed by atoms with Gasteiger partial charge in [0.1, 0.15) is 15.7 Å². The maximum Gasteiger partial charge on any atom is 0.152 e. The lowest BCUT2D eigenvalue weighted by molar-refractivity contribution is 0.112. The fourth-order valence-corrected chi connectivity index (χ4v) is 4.34.